The van der Waals surface area contributed by atoms with Crippen molar-refractivity contribution in [3.05, 3.63) is 28.5 Å². The molecular formula is C12H15N3O3S. The molecule has 0 radical (unpaired) electrons. The van der Waals surface area contributed by atoms with Gasteiger partial charge in [0.05, 0.1) is 24.4 Å². The number of aryl methyl sites for hydroxylation is 2. The lowest BCUT2D eigenvalue weighted by Crippen LogP contribution is -2.09. The minimum absolute atomic E-state index is 0.298. The highest BCUT2D eigenvalue weighted by molar-refractivity contribution is 7.14. The molecule has 0 aliphatic rings. The Balaban J connectivity index is 2.04. The number of oxazole rings is 1. The van der Waals surface area contributed by atoms with Gasteiger partial charge in [-0.2, -0.15) is 0 Å². The summed E-state index contributed by atoms with van der Waals surface area (Å²) < 4.78 is 10.4. The van der Waals surface area contributed by atoms with E-state index in [0.29, 0.717) is 29.7 Å². The monoisotopic (exact) mass is 281 g/mol. The molecule has 0 aromatic carbocycles. The second-order valence-corrected chi connectivity index (χ2v) is 4.71. The topological polar surface area (TPSA) is 77.2 Å². The van der Waals surface area contributed by atoms with Crippen molar-refractivity contribution in [2.45, 2.75) is 27.3 Å². The Morgan fingerprint density at radius 1 is 1.53 bits per heavy atom. The zero-order valence-electron chi connectivity index (χ0n) is 11.0. The zero-order valence-corrected chi connectivity index (χ0v) is 11.8. The molecule has 0 unspecified atom stereocenters. The van der Waals surface area contributed by atoms with Crippen molar-refractivity contribution in [3.63, 3.8) is 0 Å². The van der Waals surface area contributed by atoms with Gasteiger partial charge in [-0.05, 0) is 20.8 Å². The van der Waals surface area contributed by atoms with Gasteiger partial charge in [0.25, 0.3) is 0 Å². The molecule has 102 valence electrons. The Morgan fingerprint density at radius 2 is 2.32 bits per heavy atom. The predicted molar refractivity (Wildman–Crippen MR) is 71.4 cm³/mol. The first-order chi connectivity index (χ1) is 9.11. The lowest BCUT2D eigenvalue weighted by molar-refractivity contribution is 0.0521. The molecule has 0 amide bonds. The Bertz CT molecular complexity index is 557. The van der Waals surface area contributed by atoms with E-state index in [1.807, 2.05) is 13.8 Å². The summed E-state index contributed by atoms with van der Waals surface area (Å²) in [4.78, 5) is 19.9. The molecule has 19 heavy (non-hydrogen) atoms. The maximum Gasteiger partial charge on any atom is 0.360 e. The Labute approximate surface area is 114 Å². The highest BCUT2D eigenvalue weighted by atomic mass is 32.1. The molecule has 1 N–H and O–H groups in total. The maximum absolute atomic E-state index is 11.6. The van der Waals surface area contributed by atoms with Crippen molar-refractivity contribution in [1.82, 2.24) is 9.97 Å². The van der Waals surface area contributed by atoms with Gasteiger partial charge >= 0.3 is 5.97 Å². The number of nitrogens with one attached hydrogen (secondary N) is 1. The van der Waals surface area contributed by atoms with Gasteiger partial charge in [0.1, 0.15) is 10.8 Å². The SMILES string of the molecule is CCOC(=O)c1ncsc1NCc1nc(C)c(C)o1. The molecule has 0 spiro atoms. The molecule has 2 rings (SSSR count). The average molecular weight is 281 g/mol. The summed E-state index contributed by atoms with van der Waals surface area (Å²) in [5, 5.41) is 3.75. The maximum atomic E-state index is 11.6. The van der Waals surface area contributed by atoms with E-state index in [1.165, 1.54) is 11.3 Å². The second-order valence-electron chi connectivity index (χ2n) is 3.85. The smallest absolute Gasteiger partial charge is 0.360 e. The summed E-state index contributed by atoms with van der Waals surface area (Å²) in [5.41, 5.74) is 2.76. The van der Waals surface area contributed by atoms with Gasteiger partial charge in [-0.3, -0.25) is 0 Å². The standard InChI is InChI=1S/C12H15N3O3S/c1-4-17-12(16)10-11(19-6-14-10)13-5-9-15-7(2)8(3)18-9/h6,13H,4-5H2,1-3H3. The number of hydrogen-bond donors (Lipinski definition) is 1. The average Bonchev–Trinajstić information content (AvgIpc) is 2.95. The Hall–Kier alpha value is -1.89. The molecule has 2 heterocycles. The molecule has 0 saturated carbocycles. The van der Waals surface area contributed by atoms with E-state index in [0.717, 1.165) is 11.5 Å². The number of carbonyl (C=O) groups is 1. The number of hydrogen-bond acceptors (Lipinski definition) is 7. The number of aromatic nitrogens is 2. The number of thiazole rings is 1. The van der Waals surface area contributed by atoms with Gasteiger partial charge in [-0.15, -0.1) is 11.3 Å². The molecule has 7 heteroatoms. The highest BCUT2D eigenvalue weighted by Crippen LogP contribution is 2.22. The number of esters is 1. The highest BCUT2D eigenvalue weighted by Gasteiger charge is 2.16. The first-order valence-corrected chi connectivity index (χ1v) is 6.77. The van der Waals surface area contributed by atoms with Crippen molar-refractivity contribution in [2.24, 2.45) is 0 Å². The first-order valence-electron chi connectivity index (χ1n) is 5.89. The fourth-order valence-electron chi connectivity index (χ4n) is 1.49. The lowest BCUT2D eigenvalue weighted by Gasteiger charge is -2.03. The third kappa shape index (κ3) is 3.11. The van der Waals surface area contributed by atoms with Gasteiger partial charge in [-0.25, -0.2) is 14.8 Å². The summed E-state index contributed by atoms with van der Waals surface area (Å²) in [7, 11) is 0. The van der Waals surface area contributed by atoms with Crippen molar-refractivity contribution in [2.75, 3.05) is 11.9 Å². The molecule has 0 fully saturated rings. The van der Waals surface area contributed by atoms with E-state index in [1.54, 1.807) is 12.4 Å². The summed E-state index contributed by atoms with van der Waals surface area (Å²) in [6, 6.07) is 0. The summed E-state index contributed by atoms with van der Waals surface area (Å²) >= 11 is 1.34. The summed E-state index contributed by atoms with van der Waals surface area (Å²) in [6.45, 7) is 6.24. The van der Waals surface area contributed by atoms with Crippen LogP contribution < -0.4 is 5.32 Å². The molecule has 0 saturated heterocycles. The van der Waals surface area contributed by atoms with Crippen molar-refractivity contribution >= 4 is 22.3 Å². The van der Waals surface area contributed by atoms with Gasteiger partial charge in [-0.1, -0.05) is 0 Å². The van der Waals surface area contributed by atoms with Crippen LogP contribution in [0.25, 0.3) is 0 Å². The number of ether oxygens (including phenoxy) is 1. The van der Waals surface area contributed by atoms with Gasteiger partial charge < -0.3 is 14.5 Å². The quantitative estimate of drug-likeness (QED) is 0.849. The van der Waals surface area contributed by atoms with E-state index < -0.39 is 5.97 Å². The van der Waals surface area contributed by atoms with E-state index in [2.05, 4.69) is 15.3 Å². The van der Waals surface area contributed by atoms with Crippen molar-refractivity contribution < 1.29 is 13.9 Å². The van der Waals surface area contributed by atoms with E-state index in [4.69, 9.17) is 9.15 Å². The van der Waals surface area contributed by atoms with Crippen LogP contribution in [0.5, 0.6) is 0 Å². The normalized spacial score (nSPS) is 10.5. The Morgan fingerprint density at radius 3 is 2.95 bits per heavy atom. The van der Waals surface area contributed by atoms with Crippen LogP contribution in [0.4, 0.5) is 5.00 Å². The van der Waals surface area contributed by atoms with Crippen LogP contribution in [0.15, 0.2) is 9.93 Å². The third-order valence-corrected chi connectivity index (χ3v) is 3.29. The number of nitrogens with zero attached hydrogens (tertiary/aromatic N) is 2. The van der Waals surface area contributed by atoms with Gasteiger partial charge in [0.15, 0.2) is 5.69 Å². The van der Waals surface area contributed by atoms with Crippen LogP contribution >= 0.6 is 11.3 Å². The molecular weight excluding hydrogens is 266 g/mol. The molecule has 6 nitrogen and oxygen atoms in total. The van der Waals surface area contributed by atoms with Crippen LogP contribution in [0.1, 0.15) is 34.8 Å². The Kier molecular flexibility index (Phi) is 4.16. The fraction of sp³-hybridized carbons (Fsp3) is 0.417. The lowest BCUT2D eigenvalue weighted by atomic mass is 10.4. The molecule has 0 aliphatic heterocycles. The van der Waals surface area contributed by atoms with Crippen molar-refractivity contribution in [3.8, 4) is 0 Å². The largest absolute Gasteiger partial charge is 0.461 e. The summed E-state index contributed by atoms with van der Waals surface area (Å²) in [5.74, 6) is 0.955. The minimum atomic E-state index is -0.425. The van der Waals surface area contributed by atoms with E-state index >= 15 is 0 Å². The first kappa shape index (κ1) is 13.5. The fourth-order valence-corrected chi connectivity index (χ4v) is 2.15. The van der Waals surface area contributed by atoms with Crippen LogP contribution in [-0.2, 0) is 11.3 Å². The minimum Gasteiger partial charge on any atom is -0.461 e. The molecule has 0 bridgehead atoms. The second kappa shape index (κ2) is 5.83. The van der Waals surface area contributed by atoms with Crippen LogP contribution in [0.2, 0.25) is 0 Å². The molecule has 2 aromatic heterocycles. The summed E-state index contributed by atoms with van der Waals surface area (Å²) in [6.07, 6.45) is 0. The molecule has 0 atom stereocenters. The van der Waals surface area contributed by atoms with Crippen LogP contribution in [0.3, 0.4) is 0 Å². The van der Waals surface area contributed by atoms with Gasteiger partial charge in [0, 0.05) is 0 Å². The van der Waals surface area contributed by atoms with E-state index in [-0.39, 0.29) is 0 Å². The zero-order chi connectivity index (χ0) is 13.8. The van der Waals surface area contributed by atoms with Gasteiger partial charge in [0.2, 0.25) is 5.89 Å². The molecule has 0 aliphatic carbocycles. The van der Waals surface area contributed by atoms with Crippen LogP contribution in [0, 0.1) is 13.8 Å². The number of anilines is 1. The molecule has 2 aromatic rings. The van der Waals surface area contributed by atoms with Crippen molar-refractivity contribution in [1.29, 1.82) is 0 Å². The van der Waals surface area contributed by atoms with E-state index in [9.17, 15) is 4.79 Å². The number of rotatable bonds is 5. The van der Waals surface area contributed by atoms with Crippen LogP contribution in [-0.4, -0.2) is 22.5 Å². The predicted octanol–water partition coefficient (Wildman–Crippen LogP) is 2.54. The third-order valence-electron chi connectivity index (χ3n) is 2.51. The number of carbonyl (C=O) groups excluding carboxylic acids is 1.